The number of carboxylic acids is 1. The number of fused-ring (bicyclic) bond motifs is 2. The normalized spacial score (nSPS) is 18.2. The molecule has 1 fully saturated rings. The molecule has 6 nitrogen and oxygen atoms in total. The highest BCUT2D eigenvalue weighted by atomic mass is 35.5. The molecule has 1 aromatic heterocycles. The minimum Gasteiger partial charge on any atom is -0.487 e. The van der Waals surface area contributed by atoms with E-state index < -0.39 is 5.97 Å². The van der Waals surface area contributed by atoms with Crippen molar-refractivity contribution in [1.29, 1.82) is 0 Å². The van der Waals surface area contributed by atoms with Crippen molar-refractivity contribution in [3.8, 4) is 5.75 Å². The van der Waals surface area contributed by atoms with Crippen molar-refractivity contribution in [2.24, 2.45) is 0 Å². The molecule has 2 aliphatic rings. The first-order valence-corrected chi connectivity index (χ1v) is 13.3. The van der Waals surface area contributed by atoms with Crippen LogP contribution in [0.3, 0.4) is 0 Å². The quantitative estimate of drug-likeness (QED) is 0.368. The lowest BCUT2D eigenvalue weighted by molar-refractivity contribution is 0.0697. The molecule has 0 unspecified atom stereocenters. The monoisotopic (exact) mass is 517 g/mol. The van der Waals surface area contributed by atoms with Crippen molar-refractivity contribution >= 4 is 23.1 Å². The number of benzene rings is 2. The van der Waals surface area contributed by atoms with Crippen LogP contribution in [-0.4, -0.2) is 53.2 Å². The van der Waals surface area contributed by atoms with Crippen LogP contribution in [0.5, 0.6) is 5.75 Å². The van der Waals surface area contributed by atoms with Crippen molar-refractivity contribution in [2.45, 2.75) is 38.3 Å². The molecule has 1 atom stereocenters. The summed E-state index contributed by atoms with van der Waals surface area (Å²) in [5.41, 5.74) is 5.26. The zero-order valence-corrected chi connectivity index (χ0v) is 21.6. The Hall–Kier alpha value is -3.19. The number of rotatable bonds is 9. The molecule has 1 saturated heterocycles. The summed E-state index contributed by atoms with van der Waals surface area (Å²) in [4.78, 5) is 18.6. The van der Waals surface area contributed by atoms with Crippen molar-refractivity contribution in [3.63, 3.8) is 0 Å². The van der Waals surface area contributed by atoms with Crippen LogP contribution < -0.4 is 10.1 Å². The molecule has 37 heavy (non-hydrogen) atoms. The van der Waals surface area contributed by atoms with E-state index in [-0.39, 0.29) is 5.56 Å². The Morgan fingerprint density at radius 2 is 2.05 bits per heavy atom. The van der Waals surface area contributed by atoms with Crippen LogP contribution in [-0.2, 0) is 13.0 Å². The van der Waals surface area contributed by atoms with Crippen molar-refractivity contribution in [3.05, 3.63) is 99.8 Å². The Labute approximate surface area is 222 Å². The summed E-state index contributed by atoms with van der Waals surface area (Å²) in [5, 5.41) is 14.0. The fraction of sp³-hybridized carbons (Fsp3) is 0.333. The molecule has 5 rings (SSSR count). The molecule has 0 saturated carbocycles. The first-order chi connectivity index (χ1) is 18.1. The first-order valence-electron chi connectivity index (χ1n) is 12.9. The van der Waals surface area contributed by atoms with Crippen molar-refractivity contribution < 1.29 is 14.6 Å². The van der Waals surface area contributed by atoms with E-state index in [1.807, 2.05) is 24.3 Å². The maximum Gasteiger partial charge on any atom is 0.335 e. The number of halogens is 1. The summed E-state index contributed by atoms with van der Waals surface area (Å²) in [6.07, 6.45) is 8.17. The predicted molar refractivity (Wildman–Crippen MR) is 146 cm³/mol. The second-order valence-corrected chi connectivity index (χ2v) is 10.1. The Morgan fingerprint density at radius 3 is 2.89 bits per heavy atom. The van der Waals surface area contributed by atoms with Gasteiger partial charge >= 0.3 is 5.97 Å². The fourth-order valence-corrected chi connectivity index (χ4v) is 5.28. The topological polar surface area (TPSA) is 74.7 Å². The highest BCUT2D eigenvalue weighted by molar-refractivity contribution is 6.30. The summed E-state index contributed by atoms with van der Waals surface area (Å²) in [5.74, 6) is -0.250. The number of aromatic nitrogens is 1. The molecule has 0 aliphatic carbocycles. The van der Waals surface area contributed by atoms with Gasteiger partial charge in [0.2, 0.25) is 0 Å². The molecule has 0 spiro atoms. The number of aromatic carboxylic acids is 1. The van der Waals surface area contributed by atoms with E-state index in [1.54, 1.807) is 24.4 Å². The van der Waals surface area contributed by atoms with E-state index in [0.717, 1.165) is 79.3 Å². The van der Waals surface area contributed by atoms with E-state index in [0.29, 0.717) is 18.4 Å². The van der Waals surface area contributed by atoms with E-state index in [4.69, 9.17) is 16.3 Å². The van der Waals surface area contributed by atoms with Crippen molar-refractivity contribution in [2.75, 3.05) is 26.2 Å². The maximum atomic E-state index is 11.6. The van der Waals surface area contributed by atoms with Crippen LogP contribution in [0, 0.1) is 0 Å². The van der Waals surface area contributed by atoms with Crippen LogP contribution in [0.4, 0.5) is 0 Å². The van der Waals surface area contributed by atoms with Gasteiger partial charge in [-0.15, -0.1) is 0 Å². The lowest BCUT2D eigenvalue weighted by Crippen LogP contribution is -2.33. The van der Waals surface area contributed by atoms with Gasteiger partial charge in [-0.1, -0.05) is 35.9 Å². The van der Waals surface area contributed by atoms with Gasteiger partial charge in [0.25, 0.3) is 0 Å². The van der Waals surface area contributed by atoms with Crippen LogP contribution in [0.25, 0.3) is 5.57 Å². The Morgan fingerprint density at radius 1 is 1.19 bits per heavy atom. The average Bonchev–Trinajstić information content (AvgIpc) is 3.30. The summed E-state index contributed by atoms with van der Waals surface area (Å²) in [6.45, 7) is 4.46. The van der Waals surface area contributed by atoms with Crippen LogP contribution in [0.1, 0.15) is 52.0 Å². The molecule has 2 N–H and O–H groups in total. The number of carboxylic acid groups (broad SMARTS) is 1. The standard InChI is InChI=1S/C30H32ClN3O3/c31-23-10-7-21(8-11-23)4-1-14-32-24-13-17-34(19-24)16-3-6-25-26-5-2-15-33-28(26)20-37-29-12-9-22(30(35)36)18-27(25)29/h2,5-12,15,18,24,32H,1,3-4,13-14,16-17,19-20H2,(H,35,36)/t24-/m1/s1. The van der Waals surface area contributed by atoms with Gasteiger partial charge in [-0.25, -0.2) is 4.79 Å². The maximum absolute atomic E-state index is 11.6. The smallest absolute Gasteiger partial charge is 0.335 e. The summed E-state index contributed by atoms with van der Waals surface area (Å²) in [6, 6.07) is 17.6. The van der Waals surface area contributed by atoms with Crippen molar-refractivity contribution in [1.82, 2.24) is 15.2 Å². The molecule has 7 heteroatoms. The minimum atomic E-state index is -0.943. The van der Waals surface area contributed by atoms with Crippen LogP contribution in [0.15, 0.2) is 66.9 Å². The molecule has 2 aromatic carbocycles. The van der Waals surface area contributed by atoms with Crippen LogP contribution >= 0.6 is 11.6 Å². The third-order valence-corrected chi connectivity index (χ3v) is 7.37. The van der Waals surface area contributed by atoms with Gasteiger partial charge in [0.05, 0.1) is 11.3 Å². The Kier molecular flexibility index (Phi) is 8.19. The lowest BCUT2D eigenvalue weighted by atomic mass is 9.94. The summed E-state index contributed by atoms with van der Waals surface area (Å²) < 4.78 is 5.99. The van der Waals surface area contributed by atoms with Crippen LogP contribution in [0.2, 0.25) is 5.02 Å². The number of ether oxygens (including phenoxy) is 1. The highest BCUT2D eigenvalue weighted by Crippen LogP contribution is 2.37. The van der Waals surface area contributed by atoms with E-state index in [9.17, 15) is 9.90 Å². The molecule has 192 valence electrons. The van der Waals surface area contributed by atoms with E-state index in [1.165, 1.54) is 5.56 Å². The molecular formula is C30H32ClN3O3. The molecule has 2 aliphatic heterocycles. The summed E-state index contributed by atoms with van der Waals surface area (Å²) >= 11 is 5.97. The second kappa shape index (κ2) is 11.9. The SMILES string of the molecule is O=C(O)c1ccc2c(c1)C(=CCCN1CC[C@@H](NCCCc3ccc(Cl)cc3)C1)c1cccnc1CO2. The third-order valence-electron chi connectivity index (χ3n) is 7.12. The van der Waals surface area contributed by atoms with Gasteiger partial charge in [0.15, 0.2) is 0 Å². The third kappa shape index (κ3) is 6.39. The van der Waals surface area contributed by atoms with Gasteiger partial charge in [-0.05, 0) is 86.3 Å². The summed E-state index contributed by atoms with van der Waals surface area (Å²) in [7, 11) is 0. The molecule has 3 aromatic rings. The predicted octanol–water partition coefficient (Wildman–Crippen LogP) is 5.44. The van der Waals surface area contributed by atoms with Gasteiger partial charge in [0, 0.05) is 41.5 Å². The molecule has 0 radical (unpaired) electrons. The fourth-order valence-electron chi connectivity index (χ4n) is 5.15. The largest absolute Gasteiger partial charge is 0.487 e. The Bertz CT molecular complexity index is 1280. The minimum absolute atomic E-state index is 0.255. The van der Waals surface area contributed by atoms with E-state index in [2.05, 4.69) is 33.4 Å². The van der Waals surface area contributed by atoms with Gasteiger partial charge in [0.1, 0.15) is 12.4 Å². The molecule has 0 bridgehead atoms. The number of aryl methyl sites for hydroxylation is 1. The number of likely N-dealkylation sites (tertiary alicyclic amines) is 1. The first kappa shape index (κ1) is 25.5. The Balaban J connectivity index is 1.18. The van der Waals surface area contributed by atoms with Gasteiger partial charge < -0.3 is 20.1 Å². The lowest BCUT2D eigenvalue weighted by Gasteiger charge is -2.17. The molecule has 3 heterocycles. The number of hydrogen-bond donors (Lipinski definition) is 2. The number of nitrogens with zero attached hydrogens (tertiary/aromatic N) is 2. The van der Waals surface area contributed by atoms with Gasteiger partial charge in [-0.3, -0.25) is 4.98 Å². The zero-order chi connectivity index (χ0) is 25.6. The number of carbonyl (C=O) groups is 1. The average molecular weight is 518 g/mol. The van der Waals surface area contributed by atoms with E-state index >= 15 is 0 Å². The highest BCUT2D eigenvalue weighted by Gasteiger charge is 2.23. The molecule has 0 amide bonds. The zero-order valence-electron chi connectivity index (χ0n) is 20.8. The number of hydrogen-bond acceptors (Lipinski definition) is 5. The second-order valence-electron chi connectivity index (χ2n) is 9.68. The molecular weight excluding hydrogens is 486 g/mol. The number of nitrogens with one attached hydrogen (secondary N) is 1. The van der Waals surface area contributed by atoms with Gasteiger partial charge in [-0.2, -0.15) is 0 Å². The number of pyridine rings is 1.